The van der Waals surface area contributed by atoms with Gasteiger partial charge < -0.3 is 10.2 Å². The molecule has 1 aromatic rings. The van der Waals surface area contributed by atoms with Crippen LogP contribution in [0, 0.1) is 0 Å². The Morgan fingerprint density at radius 3 is 2.25 bits per heavy atom. The summed E-state index contributed by atoms with van der Waals surface area (Å²) in [5, 5.41) is 18.3. The van der Waals surface area contributed by atoms with Gasteiger partial charge in [0.15, 0.2) is 0 Å². The number of rotatable bonds is 6. The van der Waals surface area contributed by atoms with E-state index >= 15 is 0 Å². The first-order valence-electron chi connectivity index (χ1n) is 6.96. The SMILES string of the molecule is CC(CCc1ccc(O)cc1)N(CC(=O)O)C(C)(C)C. The summed E-state index contributed by atoms with van der Waals surface area (Å²) in [5.74, 6) is -0.527. The molecular weight excluding hydrogens is 254 g/mol. The largest absolute Gasteiger partial charge is 0.508 e. The minimum Gasteiger partial charge on any atom is -0.508 e. The highest BCUT2D eigenvalue weighted by Crippen LogP contribution is 2.20. The van der Waals surface area contributed by atoms with Crippen molar-refractivity contribution >= 4 is 5.97 Å². The first-order chi connectivity index (χ1) is 9.20. The Bertz CT molecular complexity index is 434. The van der Waals surface area contributed by atoms with Crippen LogP contribution in [0.1, 0.15) is 39.7 Å². The van der Waals surface area contributed by atoms with Crippen LogP contribution in [0.2, 0.25) is 0 Å². The van der Waals surface area contributed by atoms with Gasteiger partial charge in [0, 0.05) is 11.6 Å². The third-order valence-electron chi connectivity index (χ3n) is 3.49. The summed E-state index contributed by atoms with van der Waals surface area (Å²) in [4.78, 5) is 13.0. The molecule has 0 fully saturated rings. The fourth-order valence-corrected chi connectivity index (χ4v) is 2.39. The van der Waals surface area contributed by atoms with Gasteiger partial charge in [-0.25, -0.2) is 0 Å². The van der Waals surface area contributed by atoms with E-state index in [1.165, 1.54) is 0 Å². The maximum Gasteiger partial charge on any atom is 0.317 e. The molecular formula is C16H25NO3. The fourth-order valence-electron chi connectivity index (χ4n) is 2.39. The first-order valence-corrected chi connectivity index (χ1v) is 6.96. The summed E-state index contributed by atoms with van der Waals surface area (Å²) < 4.78 is 0. The summed E-state index contributed by atoms with van der Waals surface area (Å²) in [6.07, 6.45) is 1.75. The van der Waals surface area contributed by atoms with Gasteiger partial charge in [-0.2, -0.15) is 0 Å². The molecule has 0 aliphatic carbocycles. The van der Waals surface area contributed by atoms with Crippen molar-refractivity contribution in [2.24, 2.45) is 0 Å². The van der Waals surface area contributed by atoms with Crippen LogP contribution >= 0.6 is 0 Å². The van der Waals surface area contributed by atoms with E-state index in [1.807, 2.05) is 37.8 Å². The Labute approximate surface area is 121 Å². The molecule has 1 atom stereocenters. The van der Waals surface area contributed by atoms with E-state index in [2.05, 4.69) is 6.92 Å². The molecule has 0 bridgehead atoms. The maximum absolute atomic E-state index is 11.0. The predicted octanol–water partition coefficient (Wildman–Crippen LogP) is 2.90. The summed E-state index contributed by atoms with van der Waals surface area (Å²) in [5.41, 5.74) is 0.978. The quantitative estimate of drug-likeness (QED) is 0.840. The monoisotopic (exact) mass is 279 g/mol. The van der Waals surface area contributed by atoms with Crippen molar-refractivity contribution in [2.45, 2.75) is 52.1 Å². The van der Waals surface area contributed by atoms with Crippen molar-refractivity contribution in [1.82, 2.24) is 4.90 Å². The van der Waals surface area contributed by atoms with Crippen LogP contribution in [0.25, 0.3) is 0 Å². The minimum atomic E-state index is -0.795. The number of nitrogens with zero attached hydrogens (tertiary/aromatic N) is 1. The number of benzene rings is 1. The van der Waals surface area contributed by atoms with Gasteiger partial charge in [0.2, 0.25) is 0 Å². The second-order valence-electron chi connectivity index (χ2n) is 6.25. The molecule has 0 spiro atoms. The van der Waals surface area contributed by atoms with Crippen molar-refractivity contribution in [3.8, 4) is 5.75 Å². The average molecular weight is 279 g/mol. The number of carboxylic acid groups (broad SMARTS) is 1. The van der Waals surface area contributed by atoms with Crippen LogP contribution in [0.3, 0.4) is 0 Å². The molecule has 0 saturated carbocycles. The van der Waals surface area contributed by atoms with Gasteiger partial charge in [-0.1, -0.05) is 12.1 Å². The van der Waals surface area contributed by atoms with Gasteiger partial charge in [-0.3, -0.25) is 9.69 Å². The summed E-state index contributed by atoms with van der Waals surface area (Å²) in [6.45, 7) is 8.22. The van der Waals surface area contributed by atoms with Crippen LogP contribution in [0.15, 0.2) is 24.3 Å². The number of phenolic OH excluding ortho intramolecular Hbond substituents is 1. The molecule has 1 unspecified atom stereocenters. The molecule has 1 rings (SSSR count). The molecule has 0 aromatic heterocycles. The molecule has 0 amide bonds. The molecule has 4 nitrogen and oxygen atoms in total. The van der Waals surface area contributed by atoms with E-state index in [0.717, 1.165) is 18.4 Å². The standard InChI is InChI=1S/C16H25NO3/c1-12(17(11-15(19)20)16(2,3)4)5-6-13-7-9-14(18)10-8-13/h7-10,12,18H,5-6,11H2,1-4H3,(H,19,20). The fraction of sp³-hybridized carbons (Fsp3) is 0.562. The first kappa shape index (κ1) is 16.5. The second kappa shape index (κ2) is 6.75. The van der Waals surface area contributed by atoms with Crippen LogP contribution in [0.4, 0.5) is 0 Å². The smallest absolute Gasteiger partial charge is 0.317 e. The predicted molar refractivity (Wildman–Crippen MR) is 80.0 cm³/mol. The topological polar surface area (TPSA) is 60.8 Å². The van der Waals surface area contributed by atoms with Crippen LogP contribution in [-0.2, 0) is 11.2 Å². The molecule has 2 N–H and O–H groups in total. The van der Waals surface area contributed by atoms with Gasteiger partial charge in [0.05, 0.1) is 6.54 Å². The highest BCUT2D eigenvalue weighted by Gasteiger charge is 2.27. The Balaban J connectivity index is 2.64. The minimum absolute atomic E-state index is 0.0558. The molecule has 4 heteroatoms. The van der Waals surface area contributed by atoms with E-state index in [9.17, 15) is 9.90 Å². The molecule has 1 aromatic carbocycles. The van der Waals surface area contributed by atoms with Gasteiger partial charge in [0.1, 0.15) is 5.75 Å². The Hall–Kier alpha value is -1.55. The van der Waals surface area contributed by atoms with Crippen LogP contribution in [0.5, 0.6) is 5.75 Å². The van der Waals surface area contributed by atoms with Gasteiger partial charge in [-0.05, 0) is 58.2 Å². The number of aryl methyl sites for hydroxylation is 1. The van der Waals surface area contributed by atoms with Crippen molar-refractivity contribution < 1.29 is 15.0 Å². The summed E-state index contributed by atoms with van der Waals surface area (Å²) >= 11 is 0. The number of carboxylic acids is 1. The lowest BCUT2D eigenvalue weighted by Crippen LogP contribution is -2.49. The molecule has 20 heavy (non-hydrogen) atoms. The van der Waals surface area contributed by atoms with Gasteiger partial charge in [0.25, 0.3) is 0 Å². The Morgan fingerprint density at radius 1 is 1.25 bits per heavy atom. The van der Waals surface area contributed by atoms with Crippen LogP contribution in [-0.4, -0.2) is 39.2 Å². The van der Waals surface area contributed by atoms with Gasteiger partial charge >= 0.3 is 5.97 Å². The van der Waals surface area contributed by atoms with Crippen molar-refractivity contribution in [2.75, 3.05) is 6.54 Å². The highest BCUT2D eigenvalue weighted by molar-refractivity contribution is 5.69. The Kier molecular flexibility index (Phi) is 5.57. The van der Waals surface area contributed by atoms with E-state index in [1.54, 1.807) is 12.1 Å². The molecule has 0 aliphatic heterocycles. The lowest BCUT2D eigenvalue weighted by Gasteiger charge is -2.39. The number of carbonyl (C=O) groups is 1. The van der Waals surface area contributed by atoms with Gasteiger partial charge in [-0.15, -0.1) is 0 Å². The normalized spacial score (nSPS) is 13.4. The third-order valence-corrected chi connectivity index (χ3v) is 3.49. The molecule has 0 aliphatic rings. The van der Waals surface area contributed by atoms with E-state index in [4.69, 9.17) is 5.11 Å². The second-order valence-corrected chi connectivity index (χ2v) is 6.25. The molecule has 112 valence electrons. The zero-order valence-corrected chi connectivity index (χ0v) is 12.8. The van der Waals surface area contributed by atoms with E-state index in [0.29, 0.717) is 0 Å². The zero-order valence-electron chi connectivity index (χ0n) is 12.8. The lowest BCUT2D eigenvalue weighted by molar-refractivity contribution is -0.140. The van der Waals surface area contributed by atoms with Crippen LogP contribution < -0.4 is 0 Å². The lowest BCUT2D eigenvalue weighted by atomic mass is 9.99. The summed E-state index contributed by atoms with van der Waals surface area (Å²) in [7, 11) is 0. The number of aliphatic carboxylic acids is 1. The molecule has 0 radical (unpaired) electrons. The molecule has 0 heterocycles. The van der Waals surface area contributed by atoms with Crippen molar-refractivity contribution in [1.29, 1.82) is 0 Å². The number of phenols is 1. The number of hydrogen-bond acceptors (Lipinski definition) is 3. The van der Waals surface area contributed by atoms with E-state index in [-0.39, 0.29) is 23.9 Å². The highest BCUT2D eigenvalue weighted by atomic mass is 16.4. The maximum atomic E-state index is 11.0. The third kappa shape index (κ3) is 5.21. The summed E-state index contributed by atoms with van der Waals surface area (Å²) in [6, 6.07) is 7.35. The number of hydrogen-bond donors (Lipinski definition) is 2. The molecule has 0 saturated heterocycles. The number of aromatic hydroxyl groups is 1. The van der Waals surface area contributed by atoms with Crippen molar-refractivity contribution in [3.63, 3.8) is 0 Å². The zero-order chi connectivity index (χ0) is 15.3. The van der Waals surface area contributed by atoms with Crippen molar-refractivity contribution in [3.05, 3.63) is 29.8 Å². The van der Waals surface area contributed by atoms with E-state index < -0.39 is 5.97 Å². The Morgan fingerprint density at radius 2 is 1.80 bits per heavy atom. The average Bonchev–Trinajstić information content (AvgIpc) is 2.33.